The fraction of sp³-hybridized carbons (Fsp3) is 0.529. The van der Waals surface area contributed by atoms with E-state index in [1.165, 1.54) is 25.6 Å². The second kappa shape index (κ2) is 7.82. The Hall–Kier alpha value is -2.04. The van der Waals surface area contributed by atoms with Gasteiger partial charge in [0.1, 0.15) is 0 Å². The maximum atomic E-state index is 11.7. The molecule has 0 aromatic heterocycles. The Morgan fingerprint density at radius 3 is 2.41 bits per heavy atom. The molecule has 120 valence electrons. The van der Waals surface area contributed by atoms with Gasteiger partial charge in [0.25, 0.3) is 0 Å². The molecule has 0 bridgehead atoms. The molecule has 1 aliphatic rings. The summed E-state index contributed by atoms with van der Waals surface area (Å²) >= 11 is 0. The van der Waals surface area contributed by atoms with E-state index in [0.29, 0.717) is 0 Å². The van der Waals surface area contributed by atoms with Gasteiger partial charge in [0, 0.05) is 30.9 Å². The van der Waals surface area contributed by atoms with Crippen molar-refractivity contribution in [3.05, 3.63) is 24.3 Å². The van der Waals surface area contributed by atoms with Crippen LogP contribution >= 0.6 is 0 Å². The van der Waals surface area contributed by atoms with Crippen molar-refractivity contribution in [3.8, 4) is 0 Å². The number of esters is 1. The van der Waals surface area contributed by atoms with Gasteiger partial charge < -0.3 is 15.0 Å². The van der Waals surface area contributed by atoms with Crippen molar-refractivity contribution in [1.29, 1.82) is 0 Å². The van der Waals surface area contributed by atoms with Gasteiger partial charge in [-0.1, -0.05) is 6.92 Å². The maximum absolute atomic E-state index is 11.7. The lowest BCUT2D eigenvalue weighted by Crippen LogP contribution is -2.32. The zero-order valence-corrected chi connectivity index (χ0v) is 13.3. The van der Waals surface area contributed by atoms with E-state index in [9.17, 15) is 9.59 Å². The Labute approximate surface area is 131 Å². The van der Waals surface area contributed by atoms with Gasteiger partial charge in [-0.15, -0.1) is 0 Å². The highest BCUT2D eigenvalue weighted by atomic mass is 16.5. The van der Waals surface area contributed by atoms with Crippen LogP contribution in [0.1, 0.15) is 32.6 Å². The second-order valence-electron chi connectivity index (χ2n) is 5.84. The average Bonchev–Trinajstić information content (AvgIpc) is 2.54. The van der Waals surface area contributed by atoms with Crippen LogP contribution in [0.3, 0.4) is 0 Å². The molecular formula is C17H24N2O3. The second-order valence-corrected chi connectivity index (χ2v) is 5.84. The minimum atomic E-state index is -0.371. The Balaban J connectivity index is 1.84. The molecule has 1 aliphatic heterocycles. The average molecular weight is 304 g/mol. The largest absolute Gasteiger partial charge is 0.469 e. The summed E-state index contributed by atoms with van der Waals surface area (Å²) in [6.07, 6.45) is 2.70. The monoisotopic (exact) mass is 304 g/mol. The first-order chi connectivity index (χ1) is 10.6. The van der Waals surface area contributed by atoms with Crippen LogP contribution in [-0.4, -0.2) is 32.1 Å². The highest BCUT2D eigenvalue weighted by Crippen LogP contribution is 2.24. The number of ether oxygens (including phenoxy) is 1. The predicted octanol–water partition coefficient (Wildman–Crippen LogP) is 2.81. The number of piperidine rings is 1. The first-order valence-electron chi connectivity index (χ1n) is 7.80. The number of anilines is 2. The van der Waals surface area contributed by atoms with Gasteiger partial charge in [-0.05, 0) is 43.0 Å². The topological polar surface area (TPSA) is 58.6 Å². The molecular weight excluding hydrogens is 280 g/mol. The molecule has 1 fully saturated rings. The third-order valence-electron chi connectivity index (χ3n) is 4.08. The van der Waals surface area contributed by atoms with Crippen LogP contribution in [0.2, 0.25) is 0 Å². The molecule has 5 heteroatoms. The summed E-state index contributed by atoms with van der Waals surface area (Å²) in [4.78, 5) is 25.1. The van der Waals surface area contributed by atoms with E-state index >= 15 is 0 Å². The summed E-state index contributed by atoms with van der Waals surface area (Å²) < 4.78 is 4.52. The van der Waals surface area contributed by atoms with Crippen LogP contribution in [0.25, 0.3) is 0 Å². The number of carbonyl (C=O) groups is 2. The molecule has 22 heavy (non-hydrogen) atoms. The predicted molar refractivity (Wildman–Crippen MR) is 86.9 cm³/mol. The van der Waals surface area contributed by atoms with Crippen LogP contribution in [0.5, 0.6) is 0 Å². The van der Waals surface area contributed by atoms with Crippen LogP contribution < -0.4 is 10.2 Å². The summed E-state index contributed by atoms with van der Waals surface area (Å²) in [5.74, 6) is 0.263. The Bertz CT molecular complexity index is 505. The van der Waals surface area contributed by atoms with Crippen molar-refractivity contribution in [2.24, 2.45) is 5.92 Å². The summed E-state index contributed by atoms with van der Waals surface area (Å²) in [7, 11) is 1.32. The molecule has 0 spiro atoms. The molecule has 0 radical (unpaired) electrons. The van der Waals surface area contributed by atoms with Gasteiger partial charge in [0.15, 0.2) is 0 Å². The minimum Gasteiger partial charge on any atom is -0.469 e. The van der Waals surface area contributed by atoms with Crippen molar-refractivity contribution in [3.63, 3.8) is 0 Å². The van der Waals surface area contributed by atoms with Crippen LogP contribution in [0, 0.1) is 5.92 Å². The van der Waals surface area contributed by atoms with Gasteiger partial charge in [-0.25, -0.2) is 0 Å². The Morgan fingerprint density at radius 1 is 1.18 bits per heavy atom. The summed E-state index contributed by atoms with van der Waals surface area (Å²) in [6.45, 7) is 4.47. The fourth-order valence-electron chi connectivity index (χ4n) is 2.56. The third kappa shape index (κ3) is 4.76. The van der Waals surface area contributed by atoms with Crippen LogP contribution in [0.15, 0.2) is 24.3 Å². The molecule has 0 atom stereocenters. The van der Waals surface area contributed by atoms with Gasteiger partial charge >= 0.3 is 5.97 Å². The molecule has 0 unspecified atom stereocenters. The molecule has 0 saturated carbocycles. The van der Waals surface area contributed by atoms with E-state index in [4.69, 9.17) is 0 Å². The van der Waals surface area contributed by atoms with E-state index in [2.05, 4.69) is 21.9 Å². The van der Waals surface area contributed by atoms with E-state index in [1.807, 2.05) is 24.3 Å². The minimum absolute atomic E-state index is 0.104. The molecule has 1 saturated heterocycles. The highest BCUT2D eigenvalue weighted by Gasteiger charge is 2.16. The number of hydrogen-bond donors (Lipinski definition) is 1. The molecule has 1 aromatic rings. The summed E-state index contributed by atoms with van der Waals surface area (Å²) in [5.41, 5.74) is 1.95. The fourth-order valence-corrected chi connectivity index (χ4v) is 2.56. The van der Waals surface area contributed by atoms with E-state index in [1.54, 1.807) is 0 Å². The van der Waals surface area contributed by atoms with Gasteiger partial charge in [-0.3, -0.25) is 9.59 Å². The quantitative estimate of drug-likeness (QED) is 0.850. The number of methoxy groups -OCH3 is 1. The third-order valence-corrected chi connectivity index (χ3v) is 4.08. The maximum Gasteiger partial charge on any atom is 0.306 e. The van der Waals surface area contributed by atoms with Gasteiger partial charge in [-0.2, -0.15) is 0 Å². The first-order valence-corrected chi connectivity index (χ1v) is 7.80. The number of amides is 1. The van der Waals surface area contributed by atoms with Crippen molar-refractivity contribution in [2.75, 3.05) is 30.4 Å². The number of benzene rings is 1. The summed E-state index contributed by atoms with van der Waals surface area (Å²) in [5, 5.41) is 2.79. The lowest BCUT2D eigenvalue weighted by molar-refractivity contribution is -0.141. The normalized spacial score (nSPS) is 15.5. The number of hydrogen-bond acceptors (Lipinski definition) is 4. The van der Waals surface area contributed by atoms with E-state index < -0.39 is 0 Å². The van der Waals surface area contributed by atoms with Crippen molar-refractivity contribution in [2.45, 2.75) is 32.6 Å². The molecule has 2 rings (SSSR count). The Morgan fingerprint density at radius 2 is 1.82 bits per heavy atom. The van der Waals surface area contributed by atoms with Crippen LogP contribution in [-0.2, 0) is 14.3 Å². The van der Waals surface area contributed by atoms with Gasteiger partial charge in [0.2, 0.25) is 5.91 Å². The van der Waals surface area contributed by atoms with E-state index in [-0.39, 0.29) is 24.7 Å². The highest BCUT2D eigenvalue weighted by molar-refractivity contribution is 5.92. The zero-order chi connectivity index (χ0) is 15.9. The number of nitrogens with zero attached hydrogens (tertiary/aromatic N) is 1. The molecule has 5 nitrogen and oxygen atoms in total. The molecule has 1 heterocycles. The molecule has 0 aliphatic carbocycles. The number of rotatable bonds is 5. The molecule has 1 amide bonds. The Kier molecular flexibility index (Phi) is 5.81. The lowest BCUT2D eigenvalue weighted by Gasteiger charge is -2.32. The summed E-state index contributed by atoms with van der Waals surface area (Å²) in [6, 6.07) is 7.88. The number of carbonyl (C=O) groups excluding carboxylic acids is 2. The van der Waals surface area contributed by atoms with Crippen LogP contribution in [0.4, 0.5) is 11.4 Å². The van der Waals surface area contributed by atoms with Crippen molar-refractivity contribution < 1.29 is 14.3 Å². The van der Waals surface area contributed by atoms with E-state index in [0.717, 1.165) is 24.7 Å². The first kappa shape index (κ1) is 16.3. The SMILES string of the molecule is COC(=O)CCC(=O)Nc1ccc(N2CCC(C)CC2)cc1. The lowest BCUT2D eigenvalue weighted by atomic mass is 9.99. The van der Waals surface area contributed by atoms with Crippen molar-refractivity contribution in [1.82, 2.24) is 0 Å². The van der Waals surface area contributed by atoms with Gasteiger partial charge in [0.05, 0.1) is 13.5 Å². The molecule has 1 N–H and O–H groups in total. The van der Waals surface area contributed by atoms with Crippen molar-refractivity contribution >= 4 is 23.3 Å². The molecule has 1 aromatic carbocycles. The zero-order valence-electron chi connectivity index (χ0n) is 13.3. The standard InChI is InChI=1S/C17H24N2O3/c1-13-9-11-19(12-10-13)15-5-3-14(4-6-15)18-16(20)7-8-17(21)22-2/h3-6,13H,7-12H2,1-2H3,(H,18,20). The smallest absolute Gasteiger partial charge is 0.306 e. The number of nitrogens with one attached hydrogen (secondary N) is 1.